The Balaban J connectivity index is 1.26. The van der Waals surface area contributed by atoms with E-state index in [1.807, 2.05) is 11.0 Å². The van der Waals surface area contributed by atoms with Crippen molar-refractivity contribution in [3.8, 4) is 5.88 Å². The molecule has 154 valence electrons. The summed E-state index contributed by atoms with van der Waals surface area (Å²) in [5.74, 6) is 1.80. The van der Waals surface area contributed by atoms with Gasteiger partial charge in [-0.15, -0.1) is 0 Å². The van der Waals surface area contributed by atoms with E-state index in [1.165, 1.54) is 12.8 Å². The fourth-order valence-corrected chi connectivity index (χ4v) is 4.20. The van der Waals surface area contributed by atoms with Gasteiger partial charge in [0.1, 0.15) is 6.33 Å². The molecule has 2 aromatic rings. The van der Waals surface area contributed by atoms with Crippen LogP contribution in [0.5, 0.6) is 5.88 Å². The minimum Gasteiger partial charge on any atom is -0.477 e. The molecule has 3 aliphatic rings. The third kappa shape index (κ3) is 4.15. The van der Waals surface area contributed by atoms with Gasteiger partial charge in [0.25, 0.3) is 0 Å². The highest BCUT2D eigenvalue weighted by Gasteiger charge is 2.29. The number of hydrogen-bond acceptors (Lipinski definition) is 6. The molecule has 0 bridgehead atoms. The van der Waals surface area contributed by atoms with Gasteiger partial charge in [-0.25, -0.2) is 9.97 Å². The van der Waals surface area contributed by atoms with Crippen LogP contribution in [0.4, 0.5) is 5.69 Å². The summed E-state index contributed by atoms with van der Waals surface area (Å²) >= 11 is 0. The Bertz CT molecular complexity index is 871. The monoisotopic (exact) mass is 396 g/mol. The molecule has 0 N–H and O–H groups in total. The molecule has 0 spiro atoms. The number of piperazine rings is 1. The lowest BCUT2D eigenvalue weighted by atomic mass is 9.98. The summed E-state index contributed by atoms with van der Waals surface area (Å²) in [6.07, 6.45) is 5.79. The van der Waals surface area contributed by atoms with Crippen LogP contribution in [-0.2, 0) is 9.53 Å². The fraction of sp³-hybridized carbons (Fsp3) is 0.591. The topological polar surface area (TPSA) is 67.8 Å². The van der Waals surface area contributed by atoms with Crippen molar-refractivity contribution >= 4 is 22.5 Å². The molecule has 29 heavy (non-hydrogen) atoms. The van der Waals surface area contributed by atoms with Gasteiger partial charge in [0.05, 0.1) is 17.5 Å². The maximum atomic E-state index is 12.8. The molecular formula is C22H28N4O3. The Morgan fingerprint density at radius 3 is 2.62 bits per heavy atom. The van der Waals surface area contributed by atoms with Gasteiger partial charge in [-0.05, 0) is 49.8 Å². The van der Waals surface area contributed by atoms with Crippen LogP contribution < -0.4 is 9.64 Å². The van der Waals surface area contributed by atoms with E-state index in [9.17, 15) is 4.79 Å². The number of anilines is 1. The van der Waals surface area contributed by atoms with Gasteiger partial charge in [-0.3, -0.25) is 4.79 Å². The van der Waals surface area contributed by atoms with Crippen LogP contribution >= 0.6 is 0 Å². The van der Waals surface area contributed by atoms with Gasteiger partial charge in [0.2, 0.25) is 11.8 Å². The van der Waals surface area contributed by atoms with Crippen molar-refractivity contribution in [3.63, 3.8) is 0 Å². The second kappa shape index (κ2) is 8.14. The highest BCUT2D eigenvalue weighted by molar-refractivity contribution is 5.87. The first-order valence-electron chi connectivity index (χ1n) is 10.8. The van der Waals surface area contributed by atoms with Gasteiger partial charge >= 0.3 is 0 Å². The van der Waals surface area contributed by atoms with Crippen molar-refractivity contribution in [1.82, 2.24) is 14.9 Å². The van der Waals surface area contributed by atoms with E-state index >= 15 is 0 Å². The van der Waals surface area contributed by atoms with Crippen molar-refractivity contribution in [2.75, 3.05) is 50.9 Å². The van der Waals surface area contributed by atoms with E-state index in [2.05, 4.69) is 27.0 Å². The molecule has 1 aromatic heterocycles. The van der Waals surface area contributed by atoms with Gasteiger partial charge in [0, 0.05) is 51.0 Å². The molecule has 2 aliphatic heterocycles. The molecule has 5 rings (SSSR count). The normalized spacial score (nSPS) is 20.8. The van der Waals surface area contributed by atoms with E-state index in [0.717, 1.165) is 62.2 Å². The van der Waals surface area contributed by atoms with E-state index < -0.39 is 0 Å². The van der Waals surface area contributed by atoms with Gasteiger partial charge in [-0.2, -0.15) is 0 Å². The zero-order chi connectivity index (χ0) is 19.6. The van der Waals surface area contributed by atoms with E-state index in [0.29, 0.717) is 30.9 Å². The number of aromatic nitrogens is 2. The van der Waals surface area contributed by atoms with Crippen molar-refractivity contribution < 1.29 is 14.3 Å². The number of carbonyl (C=O) groups excluding carboxylic acids is 1. The molecule has 0 unspecified atom stereocenters. The number of rotatable bonds is 5. The highest BCUT2D eigenvalue weighted by atomic mass is 16.5. The van der Waals surface area contributed by atoms with Crippen molar-refractivity contribution in [3.05, 3.63) is 24.5 Å². The Morgan fingerprint density at radius 2 is 1.86 bits per heavy atom. The molecule has 1 amide bonds. The quantitative estimate of drug-likeness (QED) is 0.774. The second-order valence-electron chi connectivity index (χ2n) is 8.33. The van der Waals surface area contributed by atoms with Crippen molar-refractivity contribution in [2.45, 2.75) is 25.7 Å². The van der Waals surface area contributed by atoms with Crippen molar-refractivity contribution in [1.29, 1.82) is 0 Å². The molecule has 1 aliphatic carbocycles. The number of amides is 1. The largest absolute Gasteiger partial charge is 0.477 e. The molecule has 7 heteroatoms. The summed E-state index contributed by atoms with van der Waals surface area (Å²) in [7, 11) is 0. The minimum atomic E-state index is 0.138. The molecule has 3 fully saturated rings. The summed E-state index contributed by atoms with van der Waals surface area (Å²) in [5, 5.41) is 0.964. The third-order valence-corrected chi connectivity index (χ3v) is 6.26. The molecule has 2 saturated heterocycles. The molecule has 7 nitrogen and oxygen atoms in total. The van der Waals surface area contributed by atoms with Crippen LogP contribution in [0, 0.1) is 11.8 Å². The highest BCUT2D eigenvalue weighted by Crippen LogP contribution is 2.32. The zero-order valence-corrected chi connectivity index (χ0v) is 16.8. The maximum absolute atomic E-state index is 12.8. The fourth-order valence-electron chi connectivity index (χ4n) is 4.20. The van der Waals surface area contributed by atoms with Gasteiger partial charge < -0.3 is 19.3 Å². The first kappa shape index (κ1) is 18.6. The lowest BCUT2D eigenvalue weighted by Gasteiger charge is -2.38. The Morgan fingerprint density at radius 1 is 1.07 bits per heavy atom. The van der Waals surface area contributed by atoms with E-state index in [-0.39, 0.29) is 5.92 Å². The van der Waals surface area contributed by atoms with Crippen LogP contribution in [-0.4, -0.2) is 66.8 Å². The zero-order valence-electron chi connectivity index (χ0n) is 16.8. The number of ether oxygens (including phenoxy) is 2. The molecule has 1 aromatic carbocycles. The second-order valence-corrected chi connectivity index (χ2v) is 8.33. The smallest absolute Gasteiger partial charge is 0.225 e. The first-order valence-corrected chi connectivity index (χ1v) is 10.8. The SMILES string of the molecule is O=C(C1CCOCC1)N1CCN(c2ccc3ncnc(OCC4CC4)c3c2)CC1. The first-order chi connectivity index (χ1) is 14.3. The van der Waals surface area contributed by atoms with Crippen LogP contribution in [0.2, 0.25) is 0 Å². The number of carbonyl (C=O) groups is 1. The van der Waals surface area contributed by atoms with Crippen LogP contribution in [0.25, 0.3) is 10.9 Å². The number of hydrogen-bond donors (Lipinski definition) is 0. The third-order valence-electron chi connectivity index (χ3n) is 6.26. The summed E-state index contributed by atoms with van der Waals surface area (Å²) < 4.78 is 11.4. The van der Waals surface area contributed by atoms with Crippen LogP contribution in [0.3, 0.4) is 0 Å². The predicted octanol–water partition coefficient (Wildman–Crippen LogP) is 2.49. The Kier molecular flexibility index (Phi) is 5.23. The number of fused-ring (bicyclic) bond motifs is 1. The summed E-state index contributed by atoms with van der Waals surface area (Å²) in [6.45, 7) is 5.37. The molecule has 1 saturated carbocycles. The van der Waals surface area contributed by atoms with E-state index in [1.54, 1.807) is 6.33 Å². The van der Waals surface area contributed by atoms with Crippen molar-refractivity contribution in [2.24, 2.45) is 11.8 Å². The van der Waals surface area contributed by atoms with Crippen LogP contribution in [0.1, 0.15) is 25.7 Å². The van der Waals surface area contributed by atoms with Crippen LogP contribution in [0.15, 0.2) is 24.5 Å². The average molecular weight is 396 g/mol. The molecular weight excluding hydrogens is 368 g/mol. The standard InChI is InChI=1S/C22H28N4O3/c27-22(17-5-11-28-12-6-17)26-9-7-25(8-10-26)18-3-4-20-19(13-18)21(24-15-23-20)29-14-16-1-2-16/h3-4,13,15-17H,1-2,5-12,14H2. The summed E-state index contributed by atoms with van der Waals surface area (Å²) in [6, 6.07) is 6.28. The minimum absolute atomic E-state index is 0.138. The predicted molar refractivity (Wildman–Crippen MR) is 110 cm³/mol. The molecule has 3 heterocycles. The number of benzene rings is 1. The van der Waals surface area contributed by atoms with E-state index in [4.69, 9.17) is 9.47 Å². The summed E-state index contributed by atoms with van der Waals surface area (Å²) in [5.41, 5.74) is 2.05. The molecule has 0 radical (unpaired) electrons. The summed E-state index contributed by atoms with van der Waals surface area (Å²) in [4.78, 5) is 25.9. The lowest BCUT2D eigenvalue weighted by Crippen LogP contribution is -2.51. The Labute approximate surface area is 171 Å². The Hall–Kier alpha value is -2.41. The van der Waals surface area contributed by atoms with Gasteiger partial charge in [0.15, 0.2) is 0 Å². The average Bonchev–Trinajstić information content (AvgIpc) is 3.62. The molecule has 0 atom stereocenters. The maximum Gasteiger partial charge on any atom is 0.225 e. The lowest BCUT2D eigenvalue weighted by molar-refractivity contribution is -0.138. The van der Waals surface area contributed by atoms with Gasteiger partial charge in [-0.1, -0.05) is 0 Å². The number of nitrogens with zero attached hydrogens (tertiary/aromatic N) is 4.